The summed E-state index contributed by atoms with van der Waals surface area (Å²) in [4.78, 5) is 23.7. The Morgan fingerprint density at radius 3 is 2.52 bits per heavy atom. The summed E-state index contributed by atoms with van der Waals surface area (Å²) in [5.41, 5.74) is 4.49. The molecule has 0 spiro atoms. The normalized spacial score (nSPS) is 21.1. The van der Waals surface area contributed by atoms with E-state index in [-0.39, 0.29) is 5.75 Å². The number of thiophene rings is 1. The van der Waals surface area contributed by atoms with E-state index < -0.39 is 9.84 Å². The fraction of sp³-hybridized carbons (Fsp3) is 0.621. The van der Waals surface area contributed by atoms with E-state index in [1.165, 1.54) is 62.6 Å². The third kappa shape index (κ3) is 5.84. The highest BCUT2D eigenvalue weighted by atomic mass is 32.2. The number of aromatic nitrogens is 3. The lowest BCUT2D eigenvalue weighted by Gasteiger charge is -2.27. The number of rotatable bonds is 8. The molecule has 3 aromatic heterocycles. The van der Waals surface area contributed by atoms with Crippen LogP contribution in [0.1, 0.15) is 54.5 Å². The quantitative estimate of drug-likeness (QED) is 0.385. The fourth-order valence-electron chi connectivity index (χ4n) is 6.52. The lowest BCUT2D eigenvalue weighted by molar-refractivity contribution is 0.230. The van der Waals surface area contributed by atoms with E-state index in [9.17, 15) is 8.42 Å². The number of nitrogens with zero attached hydrogens (tertiary/aromatic N) is 6. The third-order valence-electron chi connectivity index (χ3n) is 8.55. The van der Waals surface area contributed by atoms with Gasteiger partial charge in [0.25, 0.3) is 0 Å². The van der Waals surface area contributed by atoms with Gasteiger partial charge in [-0.3, -0.25) is 9.80 Å². The van der Waals surface area contributed by atoms with E-state index in [1.807, 2.05) is 6.07 Å². The fourth-order valence-corrected chi connectivity index (χ4v) is 8.41. The molecule has 0 bridgehead atoms. The first-order valence-electron chi connectivity index (χ1n) is 14.5. The Hall–Kier alpha value is -2.34. The van der Waals surface area contributed by atoms with Gasteiger partial charge in [-0.25, -0.2) is 23.4 Å². The maximum absolute atomic E-state index is 12.2. The van der Waals surface area contributed by atoms with Crippen molar-refractivity contribution in [3.63, 3.8) is 0 Å². The standard InChI is InChI=1S/C29H40N6O3S2/c1-20-24(18-33-14-9-23(17-33)34-10-7-8-11-34)26-27(39-20)25(31-29(32-26)35-12-5-4-6-13-35)21-15-22(19-40(3,36)37)28(38-2)30-16-21/h15-16,23H,4-14,17-19H2,1-3H3/t23-/m1/s1. The Morgan fingerprint density at radius 1 is 1.05 bits per heavy atom. The number of hydrogen-bond donors (Lipinski definition) is 0. The summed E-state index contributed by atoms with van der Waals surface area (Å²) in [6.45, 7) is 9.71. The van der Waals surface area contributed by atoms with Crippen LogP contribution in [0.5, 0.6) is 5.88 Å². The largest absolute Gasteiger partial charge is 0.481 e. The molecule has 3 fully saturated rings. The molecular formula is C29H40N6O3S2. The average molecular weight is 585 g/mol. The maximum atomic E-state index is 12.2. The van der Waals surface area contributed by atoms with E-state index >= 15 is 0 Å². The maximum Gasteiger partial charge on any atom is 0.226 e. The summed E-state index contributed by atoms with van der Waals surface area (Å²) in [6.07, 6.45) is 10.4. The molecule has 6 heterocycles. The topological polar surface area (TPSA) is 91.8 Å². The van der Waals surface area contributed by atoms with Crippen LogP contribution in [0.15, 0.2) is 12.3 Å². The number of fused-ring (bicyclic) bond motifs is 1. The molecular weight excluding hydrogens is 544 g/mol. The minimum atomic E-state index is -3.27. The zero-order chi connectivity index (χ0) is 27.9. The van der Waals surface area contributed by atoms with Crippen LogP contribution in [0.4, 0.5) is 5.95 Å². The molecule has 216 valence electrons. The monoisotopic (exact) mass is 584 g/mol. The predicted octanol–water partition coefficient (Wildman–Crippen LogP) is 4.28. The molecule has 0 aliphatic carbocycles. The molecule has 0 saturated carbocycles. The minimum absolute atomic E-state index is 0.133. The van der Waals surface area contributed by atoms with E-state index in [0.717, 1.165) is 73.0 Å². The first-order chi connectivity index (χ1) is 19.3. The number of methoxy groups -OCH3 is 1. The van der Waals surface area contributed by atoms with E-state index in [2.05, 4.69) is 26.6 Å². The molecule has 0 unspecified atom stereocenters. The van der Waals surface area contributed by atoms with Gasteiger partial charge in [0.05, 0.1) is 28.8 Å². The van der Waals surface area contributed by atoms with Gasteiger partial charge in [-0.15, -0.1) is 11.3 Å². The minimum Gasteiger partial charge on any atom is -0.481 e. The van der Waals surface area contributed by atoms with Gasteiger partial charge in [-0.2, -0.15) is 0 Å². The van der Waals surface area contributed by atoms with Crippen LogP contribution in [0, 0.1) is 6.92 Å². The molecule has 0 aromatic carbocycles. The first kappa shape index (κ1) is 27.8. The number of piperidine rings is 1. The van der Waals surface area contributed by atoms with Gasteiger partial charge in [0.15, 0.2) is 9.84 Å². The van der Waals surface area contributed by atoms with Gasteiger partial charge in [0.1, 0.15) is 0 Å². The van der Waals surface area contributed by atoms with E-state index in [4.69, 9.17) is 14.7 Å². The Labute approximate surface area is 241 Å². The summed E-state index contributed by atoms with van der Waals surface area (Å²) >= 11 is 1.74. The molecule has 3 saturated heterocycles. The van der Waals surface area contributed by atoms with Crippen molar-refractivity contribution in [1.82, 2.24) is 24.8 Å². The number of anilines is 1. The molecule has 11 heteroatoms. The SMILES string of the molecule is COc1ncc(-c2nc(N3CCCCC3)nc3c(CN4CC[C@@H](N5CCCC5)C4)c(C)sc23)cc1CS(C)(=O)=O. The smallest absolute Gasteiger partial charge is 0.226 e. The third-order valence-corrected chi connectivity index (χ3v) is 10.5. The molecule has 0 amide bonds. The van der Waals surface area contributed by atoms with Crippen LogP contribution in [-0.2, 0) is 22.1 Å². The highest BCUT2D eigenvalue weighted by Gasteiger charge is 2.31. The van der Waals surface area contributed by atoms with Gasteiger partial charge >= 0.3 is 0 Å². The molecule has 40 heavy (non-hydrogen) atoms. The summed E-state index contributed by atoms with van der Waals surface area (Å²) in [5.74, 6) is 0.963. The van der Waals surface area contributed by atoms with Gasteiger partial charge in [0.2, 0.25) is 11.8 Å². The van der Waals surface area contributed by atoms with Crippen LogP contribution in [0.2, 0.25) is 0 Å². The zero-order valence-electron chi connectivity index (χ0n) is 23.9. The lowest BCUT2D eigenvalue weighted by Crippen LogP contribution is -2.35. The molecule has 0 radical (unpaired) electrons. The molecule has 3 aliphatic heterocycles. The number of likely N-dealkylation sites (tertiary alicyclic amines) is 2. The summed E-state index contributed by atoms with van der Waals surface area (Å²) in [5, 5.41) is 0. The number of sulfone groups is 1. The Kier molecular flexibility index (Phi) is 8.00. The molecule has 3 aromatic rings. The molecule has 6 rings (SSSR count). The molecule has 0 N–H and O–H groups in total. The van der Waals surface area contributed by atoms with Crippen molar-refractivity contribution in [3.05, 3.63) is 28.3 Å². The summed E-state index contributed by atoms with van der Waals surface area (Å²) in [7, 11) is -1.75. The first-order valence-corrected chi connectivity index (χ1v) is 17.4. The van der Waals surface area contributed by atoms with Crippen LogP contribution >= 0.6 is 11.3 Å². The highest BCUT2D eigenvalue weighted by molar-refractivity contribution is 7.89. The van der Waals surface area contributed by atoms with Crippen molar-refractivity contribution >= 4 is 37.3 Å². The number of pyridine rings is 1. The zero-order valence-corrected chi connectivity index (χ0v) is 25.5. The van der Waals surface area contributed by atoms with Crippen LogP contribution in [0.3, 0.4) is 0 Å². The van der Waals surface area contributed by atoms with Crippen molar-refractivity contribution < 1.29 is 13.2 Å². The van der Waals surface area contributed by atoms with Crippen molar-refractivity contribution in [1.29, 1.82) is 0 Å². The van der Waals surface area contributed by atoms with Gasteiger partial charge in [-0.1, -0.05) is 0 Å². The van der Waals surface area contributed by atoms with E-state index in [0.29, 0.717) is 17.5 Å². The molecule has 3 aliphatic rings. The van der Waals surface area contributed by atoms with Crippen LogP contribution < -0.4 is 9.64 Å². The highest BCUT2D eigenvalue weighted by Crippen LogP contribution is 2.39. The predicted molar refractivity (Wildman–Crippen MR) is 161 cm³/mol. The van der Waals surface area contributed by atoms with Crippen molar-refractivity contribution in [2.45, 2.75) is 63.8 Å². The van der Waals surface area contributed by atoms with Crippen LogP contribution in [0.25, 0.3) is 21.5 Å². The Balaban J connectivity index is 1.41. The summed E-state index contributed by atoms with van der Waals surface area (Å²) < 4.78 is 30.8. The van der Waals surface area contributed by atoms with Crippen molar-refractivity contribution in [3.8, 4) is 17.1 Å². The average Bonchev–Trinajstić information content (AvgIpc) is 3.69. The van der Waals surface area contributed by atoms with E-state index in [1.54, 1.807) is 17.5 Å². The molecule has 1 atom stereocenters. The number of aryl methyl sites for hydroxylation is 1. The second-order valence-corrected chi connectivity index (χ2v) is 15.0. The van der Waals surface area contributed by atoms with Crippen molar-refractivity contribution in [2.75, 3.05) is 57.5 Å². The van der Waals surface area contributed by atoms with Crippen molar-refractivity contribution in [2.24, 2.45) is 0 Å². The Bertz CT molecular complexity index is 1480. The van der Waals surface area contributed by atoms with Gasteiger partial charge in [0, 0.05) is 72.8 Å². The summed E-state index contributed by atoms with van der Waals surface area (Å²) in [6, 6.07) is 2.55. The number of hydrogen-bond acceptors (Lipinski definition) is 10. The number of ether oxygens (including phenoxy) is 1. The van der Waals surface area contributed by atoms with Gasteiger partial charge in [-0.05, 0) is 64.6 Å². The lowest BCUT2D eigenvalue weighted by atomic mass is 10.1. The second-order valence-electron chi connectivity index (χ2n) is 11.6. The Morgan fingerprint density at radius 2 is 1.80 bits per heavy atom. The second kappa shape index (κ2) is 11.5. The molecule has 9 nitrogen and oxygen atoms in total. The van der Waals surface area contributed by atoms with Crippen LogP contribution in [-0.4, -0.2) is 91.8 Å². The van der Waals surface area contributed by atoms with Gasteiger partial charge < -0.3 is 9.64 Å².